The van der Waals surface area contributed by atoms with Crippen LogP contribution in [0.3, 0.4) is 0 Å². The number of thioether (sulfide) groups is 1. The zero-order valence-electron chi connectivity index (χ0n) is 11.4. The van der Waals surface area contributed by atoms with Crippen LogP contribution in [0, 0.1) is 6.92 Å². The number of allylic oxidation sites excluding steroid dienone is 1. The second-order valence-electron chi connectivity index (χ2n) is 4.41. The lowest BCUT2D eigenvalue weighted by atomic mass is 10.1. The van der Waals surface area contributed by atoms with Gasteiger partial charge in [0.2, 0.25) is 0 Å². The molecule has 2 rings (SSSR count). The van der Waals surface area contributed by atoms with Crippen molar-refractivity contribution in [3.63, 3.8) is 0 Å². The van der Waals surface area contributed by atoms with E-state index < -0.39 is 0 Å². The van der Waals surface area contributed by atoms with Gasteiger partial charge in [-0.05, 0) is 25.0 Å². The highest BCUT2D eigenvalue weighted by Gasteiger charge is 2.06. The lowest BCUT2D eigenvalue weighted by Gasteiger charge is -2.10. The summed E-state index contributed by atoms with van der Waals surface area (Å²) in [4.78, 5) is 2.33. The van der Waals surface area contributed by atoms with E-state index in [0.29, 0.717) is 0 Å². The van der Waals surface area contributed by atoms with Crippen molar-refractivity contribution in [2.45, 2.75) is 13.8 Å². The van der Waals surface area contributed by atoms with Gasteiger partial charge < -0.3 is 0 Å². The molecule has 0 aliphatic rings. The summed E-state index contributed by atoms with van der Waals surface area (Å²) in [5, 5.41) is 0. The Labute approximate surface area is 119 Å². The van der Waals surface area contributed by atoms with Crippen LogP contribution >= 0.6 is 11.8 Å². The number of aryl methyl sites for hydroxylation is 1. The van der Waals surface area contributed by atoms with Gasteiger partial charge >= 0.3 is 0 Å². The van der Waals surface area contributed by atoms with Crippen LogP contribution in [0.2, 0.25) is 0 Å². The number of rotatable bonds is 4. The summed E-state index contributed by atoms with van der Waals surface area (Å²) in [6.45, 7) is 8.37. The predicted octanol–water partition coefficient (Wildman–Crippen LogP) is 5.76. The van der Waals surface area contributed by atoms with Crippen LogP contribution in [0.15, 0.2) is 67.3 Å². The summed E-state index contributed by atoms with van der Waals surface area (Å²) >= 11 is 1.73. The van der Waals surface area contributed by atoms with E-state index in [1.54, 1.807) is 11.8 Å². The first-order valence-corrected chi connectivity index (χ1v) is 7.18. The molecule has 0 heterocycles. The maximum atomic E-state index is 4.18. The van der Waals surface area contributed by atoms with Crippen molar-refractivity contribution in [1.82, 2.24) is 0 Å². The molecule has 0 radical (unpaired) electrons. The Bertz CT molecular complexity index is 594. The maximum absolute atomic E-state index is 4.18. The first-order chi connectivity index (χ1) is 9.20. The van der Waals surface area contributed by atoms with Crippen molar-refractivity contribution in [3.05, 3.63) is 83.9 Å². The smallest absolute Gasteiger partial charge is 0.0152 e. The van der Waals surface area contributed by atoms with Crippen LogP contribution in [0.1, 0.15) is 23.6 Å². The Balaban J connectivity index is 2.19. The highest BCUT2D eigenvalue weighted by Crippen LogP contribution is 2.37. The summed E-state index contributed by atoms with van der Waals surface area (Å²) in [7, 11) is 0. The topological polar surface area (TPSA) is 0 Å². The third kappa shape index (κ3) is 3.62. The van der Waals surface area contributed by atoms with Crippen LogP contribution in [-0.4, -0.2) is 0 Å². The van der Waals surface area contributed by atoms with Gasteiger partial charge in [0.25, 0.3) is 0 Å². The molecular formula is C18H18S. The quantitative estimate of drug-likeness (QED) is 0.678. The van der Waals surface area contributed by atoms with Crippen molar-refractivity contribution in [2.75, 3.05) is 0 Å². The normalized spacial score (nSPS) is 11.4. The Hall–Kier alpha value is -1.73. The molecular weight excluding hydrogens is 248 g/mol. The SMILES string of the molecule is C=C(S/C(=C\C)c1cccc(C)c1)c1ccccc1. The largest absolute Gasteiger partial charge is 0.0898 e. The van der Waals surface area contributed by atoms with Gasteiger partial charge in [-0.2, -0.15) is 0 Å². The van der Waals surface area contributed by atoms with E-state index in [1.807, 2.05) is 18.2 Å². The number of benzene rings is 2. The van der Waals surface area contributed by atoms with Gasteiger partial charge in [-0.1, -0.05) is 84.6 Å². The minimum Gasteiger partial charge on any atom is -0.0898 e. The monoisotopic (exact) mass is 266 g/mol. The van der Waals surface area contributed by atoms with Crippen LogP contribution in [-0.2, 0) is 0 Å². The minimum atomic E-state index is 1.08. The zero-order valence-corrected chi connectivity index (χ0v) is 12.2. The molecule has 96 valence electrons. The molecule has 0 amide bonds. The predicted molar refractivity (Wildman–Crippen MR) is 87.9 cm³/mol. The Morgan fingerprint density at radius 1 is 1.00 bits per heavy atom. The highest BCUT2D eigenvalue weighted by atomic mass is 32.2. The first kappa shape index (κ1) is 13.7. The van der Waals surface area contributed by atoms with E-state index in [-0.39, 0.29) is 0 Å². The lowest BCUT2D eigenvalue weighted by Crippen LogP contribution is -1.83. The van der Waals surface area contributed by atoms with Gasteiger partial charge in [0.1, 0.15) is 0 Å². The zero-order chi connectivity index (χ0) is 13.7. The van der Waals surface area contributed by atoms with Gasteiger partial charge in [0, 0.05) is 9.81 Å². The van der Waals surface area contributed by atoms with Gasteiger partial charge in [-0.25, -0.2) is 0 Å². The first-order valence-electron chi connectivity index (χ1n) is 6.36. The Kier molecular flexibility index (Phi) is 4.64. The highest BCUT2D eigenvalue weighted by molar-refractivity contribution is 8.16. The third-order valence-corrected chi connectivity index (χ3v) is 4.07. The maximum Gasteiger partial charge on any atom is 0.0152 e. The molecule has 0 saturated carbocycles. The van der Waals surface area contributed by atoms with Gasteiger partial charge in [0.05, 0.1) is 0 Å². The molecule has 0 spiro atoms. The van der Waals surface area contributed by atoms with Crippen LogP contribution in [0.25, 0.3) is 9.81 Å². The second-order valence-corrected chi connectivity index (χ2v) is 5.55. The van der Waals surface area contributed by atoms with Crippen LogP contribution in [0.4, 0.5) is 0 Å². The average molecular weight is 266 g/mol. The number of hydrogen-bond acceptors (Lipinski definition) is 1. The van der Waals surface area contributed by atoms with Crippen LogP contribution in [0.5, 0.6) is 0 Å². The van der Waals surface area contributed by atoms with E-state index in [9.17, 15) is 0 Å². The minimum absolute atomic E-state index is 1.08. The Morgan fingerprint density at radius 3 is 2.32 bits per heavy atom. The van der Waals surface area contributed by atoms with E-state index >= 15 is 0 Å². The summed E-state index contributed by atoms with van der Waals surface area (Å²) in [5.41, 5.74) is 3.71. The molecule has 0 saturated heterocycles. The van der Waals surface area contributed by atoms with E-state index in [1.165, 1.54) is 21.6 Å². The van der Waals surface area contributed by atoms with Crippen molar-refractivity contribution >= 4 is 21.6 Å². The number of hydrogen-bond donors (Lipinski definition) is 0. The molecule has 0 bridgehead atoms. The third-order valence-electron chi connectivity index (χ3n) is 2.89. The summed E-state index contributed by atoms with van der Waals surface area (Å²) in [6.07, 6.45) is 2.15. The molecule has 0 aliphatic heterocycles. The molecule has 1 heteroatoms. The fourth-order valence-corrected chi connectivity index (χ4v) is 2.78. The van der Waals surface area contributed by atoms with Crippen LogP contribution < -0.4 is 0 Å². The molecule has 0 aromatic heterocycles. The Morgan fingerprint density at radius 2 is 1.68 bits per heavy atom. The lowest BCUT2D eigenvalue weighted by molar-refractivity contribution is 1.45. The molecule has 0 N–H and O–H groups in total. The van der Waals surface area contributed by atoms with E-state index in [4.69, 9.17) is 0 Å². The molecule has 0 aliphatic carbocycles. The van der Waals surface area contributed by atoms with Crippen molar-refractivity contribution < 1.29 is 0 Å². The molecule has 0 unspecified atom stereocenters. The van der Waals surface area contributed by atoms with E-state index in [0.717, 1.165) is 4.91 Å². The molecule has 2 aromatic carbocycles. The standard InChI is InChI=1S/C18H18S/c1-4-18(17-12-8-9-14(2)13-17)19-15(3)16-10-6-5-7-11-16/h4-13H,3H2,1-2H3/b18-4-. The van der Waals surface area contributed by atoms with Gasteiger partial charge in [-0.3, -0.25) is 0 Å². The molecule has 19 heavy (non-hydrogen) atoms. The van der Waals surface area contributed by atoms with E-state index in [2.05, 4.69) is 62.9 Å². The fourth-order valence-electron chi connectivity index (χ4n) is 1.90. The molecule has 0 atom stereocenters. The molecule has 0 fully saturated rings. The van der Waals surface area contributed by atoms with Crippen molar-refractivity contribution in [2.24, 2.45) is 0 Å². The van der Waals surface area contributed by atoms with Gasteiger partial charge in [0.15, 0.2) is 0 Å². The van der Waals surface area contributed by atoms with Crippen molar-refractivity contribution in [1.29, 1.82) is 0 Å². The second kappa shape index (κ2) is 6.44. The van der Waals surface area contributed by atoms with Crippen molar-refractivity contribution in [3.8, 4) is 0 Å². The summed E-state index contributed by atoms with van der Waals surface area (Å²) < 4.78 is 0. The summed E-state index contributed by atoms with van der Waals surface area (Å²) in [5.74, 6) is 0. The molecule has 0 nitrogen and oxygen atoms in total. The summed E-state index contributed by atoms with van der Waals surface area (Å²) in [6, 6.07) is 18.9. The average Bonchev–Trinajstić information content (AvgIpc) is 2.45. The van der Waals surface area contributed by atoms with Gasteiger partial charge in [-0.15, -0.1) is 0 Å². The molecule has 2 aromatic rings. The fraction of sp³-hybridized carbons (Fsp3) is 0.111.